The molecule has 0 rings (SSSR count). The summed E-state index contributed by atoms with van der Waals surface area (Å²) in [6, 6.07) is 0. The van der Waals surface area contributed by atoms with Gasteiger partial charge in [-0.05, 0) is 25.7 Å². The van der Waals surface area contributed by atoms with Gasteiger partial charge in [0.15, 0.2) is 0 Å². The zero-order valence-corrected chi connectivity index (χ0v) is 10.6. The van der Waals surface area contributed by atoms with Gasteiger partial charge < -0.3 is 0 Å². The van der Waals surface area contributed by atoms with E-state index >= 15 is 0 Å². The summed E-state index contributed by atoms with van der Waals surface area (Å²) in [5.74, 6) is 0.886. The van der Waals surface area contributed by atoms with Crippen molar-refractivity contribution in [3.63, 3.8) is 0 Å². The molecule has 0 N–H and O–H groups in total. The number of hydrogen-bond donors (Lipinski definition) is 0. The van der Waals surface area contributed by atoms with Gasteiger partial charge in [-0.1, -0.05) is 69.6 Å². The highest BCUT2D eigenvalue weighted by atomic mass is 14.1. The van der Waals surface area contributed by atoms with Crippen LogP contribution in [0.3, 0.4) is 0 Å². The van der Waals surface area contributed by atoms with Crippen LogP contribution in [0.2, 0.25) is 0 Å². The van der Waals surface area contributed by atoms with Crippen LogP contribution in [0.4, 0.5) is 0 Å². The van der Waals surface area contributed by atoms with Crippen LogP contribution in [0.1, 0.15) is 52.9 Å². The van der Waals surface area contributed by atoms with Crippen molar-refractivity contribution in [2.45, 2.75) is 52.9 Å². The van der Waals surface area contributed by atoms with Crippen LogP contribution < -0.4 is 0 Å². The molecule has 0 aromatic rings. The largest absolute Gasteiger partial charge is 0.0991 e. The second-order valence-electron chi connectivity index (χ2n) is 4.24. The maximum atomic E-state index is 3.69. The summed E-state index contributed by atoms with van der Waals surface area (Å²) < 4.78 is 0. The maximum Gasteiger partial charge on any atom is -0.0282 e. The first kappa shape index (κ1) is 14.2. The number of rotatable bonds is 8. The molecule has 0 radical (unpaired) electrons. The van der Waals surface area contributed by atoms with E-state index in [1.807, 2.05) is 12.2 Å². The molecule has 0 saturated heterocycles. The van der Waals surface area contributed by atoms with Crippen molar-refractivity contribution >= 4 is 0 Å². The first-order valence-electron chi connectivity index (χ1n) is 6.18. The Morgan fingerprint density at radius 3 is 2.60 bits per heavy atom. The normalized spacial score (nSPS) is 14.5. The SMILES string of the molecule is C=C/C=C\C(=C/C)CCCC(C)CCC. The molecule has 0 aliphatic heterocycles. The van der Waals surface area contributed by atoms with E-state index in [1.165, 1.54) is 37.7 Å². The fraction of sp³-hybridized carbons (Fsp3) is 0.600. The molecule has 0 bridgehead atoms. The Bertz CT molecular complexity index is 208. The van der Waals surface area contributed by atoms with Crippen LogP contribution in [0.25, 0.3) is 0 Å². The topological polar surface area (TPSA) is 0 Å². The molecule has 0 aliphatic rings. The van der Waals surface area contributed by atoms with Crippen molar-refractivity contribution in [3.05, 3.63) is 36.5 Å². The van der Waals surface area contributed by atoms with E-state index in [0.717, 1.165) is 5.92 Å². The lowest BCUT2D eigenvalue weighted by Crippen LogP contribution is -1.93. The lowest BCUT2D eigenvalue weighted by Gasteiger charge is -2.09. The molecule has 0 spiro atoms. The Morgan fingerprint density at radius 1 is 1.33 bits per heavy atom. The van der Waals surface area contributed by atoms with Crippen LogP contribution in [0, 0.1) is 5.92 Å². The van der Waals surface area contributed by atoms with Crippen molar-refractivity contribution in [1.29, 1.82) is 0 Å². The van der Waals surface area contributed by atoms with Gasteiger partial charge in [0.25, 0.3) is 0 Å². The molecule has 1 atom stereocenters. The van der Waals surface area contributed by atoms with E-state index in [0.29, 0.717) is 0 Å². The zero-order chi connectivity index (χ0) is 11.5. The summed E-state index contributed by atoms with van der Waals surface area (Å²) >= 11 is 0. The Morgan fingerprint density at radius 2 is 2.07 bits per heavy atom. The van der Waals surface area contributed by atoms with Gasteiger partial charge in [0.1, 0.15) is 0 Å². The highest BCUT2D eigenvalue weighted by Crippen LogP contribution is 2.16. The van der Waals surface area contributed by atoms with E-state index in [1.54, 1.807) is 0 Å². The third kappa shape index (κ3) is 8.23. The van der Waals surface area contributed by atoms with Crippen LogP contribution >= 0.6 is 0 Å². The van der Waals surface area contributed by atoms with E-state index in [-0.39, 0.29) is 0 Å². The minimum Gasteiger partial charge on any atom is -0.0991 e. The molecule has 0 fully saturated rings. The minimum absolute atomic E-state index is 0.886. The standard InChI is InChI=1S/C15H26/c1-5-8-12-15(7-3)13-9-11-14(4)10-6-2/h5,7-8,12,14H,1,6,9-11,13H2,2-4H3/b12-8-,15-7+. The third-order valence-electron chi connectivity index (χ3n) is 2.76. The molecule has 0 amide bonds. The van der Waals surface area contributed by atoms with Crippen LogP contribution in [0.15, 0.2) is 36.5 Å². The molecular formula is C15H26. The Kier molecular flexibility index (Phi) is 9.26. The maximum absolute atomic E-state index is 3.69. The predicted molar refractivity (Wildman–Crippen MR) is 71.0 cm³/mol. The Balaban J connectivity index is 3.73. The number of allylic oxidation sites excluding steroid dienone is 5. The molecule has 0 saturated carbocycles. The summed E-state index contributed by atoms with van der Waals surface area (Å²) in [6.07, 6.45) is 14.8. The fourth-order valence-electron chi connectivity index (χ4n) is 1.81. The summed E-state index contributed by atoms with van der Waals surface area (Å²) in [5, 5.41) is 0. The first-order chi connectivity index (χ1) is 7.24. The van der Waals surface area contributed by atoms with Gasteiger partial charge in [-0.3, -0.25) is 0 Å². The molecule has 0 aromatic carbocycles. The van der Waals surface area contributed by atoms with Gasteiger partial charge in [-0.25, -0.2) is 0 Å². The van der Waals surface area contributed by atoms with Gasteiger partial charge in [-0.15, -0.1) is 0 Å². The third-order valence-corrected chi connectivity index (χ3v) is 2.76. The number of hydrogen-bond acceptors (Lipinski definition) is 0. The van der Waals surface area contributed by atoms with Crippen molar-refractivity contribution in [2.24, 2.45) is 5.92 Å². The average Bonchev–Trinajstić information content (AvgIpc) is 2.23. The molecule has 15 heavy (non-hydrogen) atoms. The molecule has 0 nitrogen and oxygen atoms in total. The highest BCUT2D eigenvalue weighted by molar-refractivity contribution is 5.20. The summed E-state index contributed by atoms with van der Waals surface area (Å²) in [4.78, 5) is 0. The Labute approximate surface area is 95.8 Å². The van der Waals surface area contributed by atoms with Crippen LogP contribution in [-0.4, -0.2) is 0 Å². The molecule has 0 aliphatic carbocycles. The quantitative estimate of drug-likeness (QED) is 0.474. The lowest BCUT2D eigenvalue weighted by atomic mass is 9.97. The van der Waals surface area contributed by atoms with Crippen LogP contribution in [-0.2, 0) is 0 Å². The van der Waals surface area contributed by atoms with Gasteiger partial charge in [-0.2, -0.15) is 0 Å². The summed E-state index contributed by atoms with van der Waals surface area (Å²) in [5.41, 5.74) is 1.43. The van der Waals surface area contributed by atoms with Gasteiger partial charge in [0, 0.05) is 0 Å². The molecule has 0 aromatic heterocycles. The molecule has 86 valence electrons. The molecule has 0 heteroatoms. The van der Waals surface area contributed by atoms with Crippen molar-refractivity contribution < 1.29 is 0 Å². The minimum atomic E-state index is 0.886. The molecule has 0 heterocycles. The van der Waals surface area contributed by atoms with E-state index in [9.17, 15) is 0 Å². The predicted octanol–water partition coefficient (Wildman–Crippen LogP) is 5.28. The first-order valence-corrected chi connectivity index (χ1v) is 6.18. The fourth-order valence-corrected chi connectivity index (χ4v) is 1.81. The summed E-state index contributed by atoms with van der Waals surface area (Å²) in [6.45, 7) is 10.4. The highest BCUT2D eigenvalue weighted by Gasteiger charge is 2.00. The van der Waals surface area contributed by atoms with E-state index in [4.69, 9.17) is 0 Å². The van der Waals surface area contributed by atoms with Crippen LogP contribution in [0.5, 0.6) is 0 Å². The molecular weight excluding hydrogens is 180 g/mol. The second kappa shape index (κ2) is 9.76. The van der Waals surface area contributed by atoms with Gasteiger partial charge in [0.2, 0.25) is 0 Å². The van der Waals surface area contributed by atoms with Crippen molar-refractivity contribution in [3.8, 4) is 0 Å². The lowest BCUT2D eigenvalue weighted by molar-refractivity contribution is 0.470. The van der Waals surface area contributed by atoms with Crippen molar-refractivity contribution in [1.82, 2.24) is 0 Å². The van der Waals surface area contributed by atoms with Gasteiger partial charge in [0.05, 0.1) is 0 Å². The van der Waals surface area contributed by atoms with Crippen molar-refractivity contribution in [2.75, 3.05) is 0 Å². The van der Waals surface area contributed by atoms with Gasteiger partial charge >= 0.3 is 0 Å². The Hall–Kier alpha value is -0.780. The average molecular weight is 206 g/mol. The van der Waals surface area contributed by atoms with E-state index in [2.05, 4.69) is 39.5 Å². The summed E-state index contributed by atoms with van der Waals surface area (Å²) in [7, 11) is 0. The zero-order valence-electron chi connectivity index (χ0n) is 10.6. The monoisotopic (exact) mass is 206 g/mol. The smallest absolute Gasteiger partial charge is 0.0282 e. The molecule has 1 unspecified atom stereocenters. The van der Waals surface area contributed by atoms with E-state index < -0.39 is 0 Å². The second-order valence-corrected chi connectivity index (χ2v) is 4.24.